The van der Waals surface area contributed by atoms with Gasteiger partial charge in [-0.3, -0.25) is 4.99 Å². The normalized spacial score (nSPS) is 12.6. The molecule has 0 amide bonds. The molecule has 0 atom stereocenters. The van der Waals surface area contributed by atoms with E-state index >= 15 is 0 Å². The number of aromatic nitrogens is 3. The number of aryl methyl sites for hydroxylation is 1. The zero-order valence-electron chi connectivity index (χ0n) is 14.1. The van der Waals surface area contributed by atoms with E-state index in [1.807, 2.05) is 35.9 Å². The zero-order valence-corrected chi connectivity index (χ0v) is 14.9. The van der Waals surface area contributed by atoms with Gasteiger partial charge in [0.2, 0.25) is 0 Å². The van der Waals surface area contributed by atoms with Gasteiger partial charge in [0.15, 0.2) is 11.7 Å². The summed E-state index contributed by atoms with van der Waals surface area (Å²) in [4.78, 5) is 12.1. The Morgan fingerprint density at radius 1 is 1.27 bits per heavy atom. The summed E-state index contributed by atoms with van der Waals surface area (Å²) in [6, 6.07) is 3.98. The average Bonchev–Trinajstić information content (AvgIpc) is 3.20. The van der Waals surface area contributed by atoms with E-state index in [1.54, 1.807) is 7.05 Å². The Morgan fingerprint density at radius 2 is 2.04 bits per heavy atom. The van der Waals surface area contributed by atoms with E-state index in [-0.39, 0.29) is 6.54 Å². The molecule has 3 aromatic rings. The van der Waals surface area contributed by atoms with Crippen LogP contribution in [0.1, 0.15) is 22.0 Å². The Labute approximate surface area is 151 Å². The second-order valence-electron chi connectivity index (χ2n) is 5.61. The van der Waals surface area contributed by atoms with Crippen molar-refractivity contribution in [1.82, 2.24) is 25.0 Å². The largest absolute Gasteiger partial charge is 0.434 e. The van der Waals surface area contributed by atoms with Gasteiger partial charge < -0.3 is 15.0 Å². The predicted molar refractivity (Wildman–Crippen MR) is 94.1 cm³/mol. The highest BCUT2D eigenvalue weighted by atomic mass is 32.1. The van der Waals surface area contributed by atoms with Crippen LogP contribution in [0.15, 0.2) is 34.9 Å². The van der Waals surface area contributed by atoms with Crippen LogP contribution < -0.4 is 10.6 Å². The maximum absolute atomic E-state index is 12.6. The molecular weight excluding hydrogens is 365 g/mol. The minimum Gasteiger partial charge on any atom is -0.351 e. The zero-order chi connectivity index (χ0) is 18.7. The Morgan fingerprint density at radius 3 is 2.73 bits per heavy atom. The topological polar surface area (TPSA) is 66.6 Å². The summed E-state index contributed by atoms with van der Waals surface area (Å²) in [5, 5.41) is 7.38. The van der Waals surface area contributed by atoms with Gasteiger partial charge in [-0.25, -0.2) is 9.97 Å². The number of thiazole rings is 1. The Hall–Kier alpha value is -2.62. The second kappa shape index (κ2) is 7.32. The quantitative estimate of drug-likeness (QED) is 0.538. The molecule has 0 saturated carbocycles. The lowest BCUT2D eigenvalue weighted by Gasteiger charge is -2.09. The SMILES string of the molecule is CN=C(NCc1cn2ccc(C)cc2n1)NCc1nc(C(F)(F)F)cs1. The molecule has 0 aromatic carbocycles. The molecule has 2 N–H and O–H groups in total. The molecule has 0 aliphatic rings. The summed E-state index contributed by atoms with van der Waals surface area (Å²) < 4.78 is 39.6. The lowest BCUT2D eigenvalue weighted by molar-refractivity contribution is -0.140. The van der Waals surface area contributed by atoms with Crippen molar-refractivity contribution < 1.29 is 13.2 Å². The van der Waals surface area contributed by atoms with Crippen molar-refractivity contribution >= 4 is 22.9 Å². The van der Waals surface area contributed by atoms with Crippen LogP contribution in [-0.4, -0.2) is 27.4 Å². The highest BCUT2D eigenvalue weighted by Crippen LogP contribution is 2.29. The minimum atomic E-state index is -4.42. The smallest absolute Gasteiger partial charge is 0.351 e. The van der Waals surface area contributed by atoms with Gasteiger partial charge in [0.1, 0.15) is 10.7 Å². The number of pyridine rings is 1. The predicted octanol–water partition coefficient (Wildman–Crippen LogP) is 2.98. The van der Waals surface area contributed by atoms with Gasteiger partial charge in [0.25, 0.3) is 0 Å². The van der Waals surface area contributed by atoms with E-state index in [0.717, 1.165) is 33.6 Å². The summed E-state index contributed by atoms with van der Waals surface area (Å²) in [6.07, 6.45) is -0.573. The molecule has 0 aliphatic heterocycles. The lowest BCUT2D eigenvalue weighted by atomic mass is 10.3. The molecule has 3 rings (SSSR count). The van der Waals surface area contributed by atoms with Gasteiger partial charge in [-0.1, -0.05) is 0 Å². The van der Waals surface area contributed by atoms with Crippen molar-refractivity contribution in [3.8, 4) is 0 Å². The van der Waals surface area contributed by atoms with Crippen LogP contribution >= 0.6 is 11.3 Å². The Balaban J connectivity index is 1.56. The number of hydrogen-bond donors (Lipinski definition) is 2. The van der Waals surface area contributed by atoms with E-state index in [1.165, 1.54) is 0 Å². The van der Waals surface area contributed by atoms with E-state index in [0.29, 0.717) is 17.5 Å². The van der Waals surface area contributed by atoms with Gasteiger partial charge in [-0.05, 0) is 24.6 Å². The average molecular weight is 382 g/mol. The number of hydrogen-bond acceptors (Lipinski definition) is 4. The minimum absolute atomic E-state index is 0.158. The van der Waals surface area contributed by atoms with Gasteiger partial charge >= 0.3 is 6.18 Å². The third-order valence-corrected chi connectivity index (χ3v) is 4.42. The molecular formula is C16H17F3N6S. The molecule has 0 aliphatic carbocycles. The van der Waals surface area contributed by atoms with Crippen molar-refractivity contribution in [2.75, 3.05) is 7.05 Å². The summed E-state index contributed by atoms with van der Waals surface area (Å²) in [6.45, 7) is 2.60. The fraction of sp³-hybridized carbons (Fsp3) is 0.312. The van der Waals surface area contributed by atoms with Gasteiger partial charge in [0.05, 0.1) is 18.8 Å². The first-order chi connectivity index (χ1) is 12.3. The number of fused-ring (bicyclic) bond motifs is 1. The molecule has 26 heavy (non-hydrogen) atoms. The molecule has 138 valence electrons. The van der Waals surface area contributed by atoms with Crippen LogP contribution in [0.25, 0.3) is 5.65 Å². The molecule has 0 spiro atoms. The molecule has 0 fully saturated rings. The van der Waals surface area contributed by atoms with Gasteiger partial charge in [-0.2, -0.15) is 13.2 Å². The van der Waals surface area contributed by atoms with Crippen LogP contribution in [0, 0.1) is 6.92 Å². The van der Waals surface area contributed by atoms with E-state index in [2.05, 4.69) is 25.6 Å². The molecule has 10 heteroatoms. The number of nitrogens with zero attached hydrogens (tertiary/aromatic N) is 4. The molecule has 6 nitrogen and oxygen atoms in total. The first-order valence-corrected chi connectivity index (χ1v) is 8.63. The first kappa shape index (κ1) is 18.2. The summed E-state index contributed by atoms with van der Waals surface area (Å²) >= 11 is 0.956. The Bertz CT molecular complexity index is 928. The van der Waals surface area contributed by atoms with Crippen molar-refractivity contribution in [1.29, 1.82) is 0 Å². The molecule has 3 aromatic heterocycles. The van der Waals surface area contributed by atoms with Crippen LogP contribution in [0.3, 0.4) is 0 Å². The third-order valence-electron chi connectivity index (χ3n) is 3.58. The third kappa shape index (κ3) is 4.31. The number of halogens is 3. The van der Waals surface area contributed by atoms with Gasteiger partial charge in [0, 0.05) is 24.8 Å². The van der Waals surface area contributed by atoms with E-state index < -0.39 is 11.9 Å². The molecule has 0 bridgehead atoms. The second-order valence-corrected chi connectivity index (χ2v) is 6.55. The highest BCUT2D eigenvalue weighted by molar-refractivity contribution is 7.09. The Kier molecular flexibility index (Phi) is 5.12. The number of aliphatic imine (C=N–C) groups is 1. The fourth-order valence-corrected chi connectivity index (χ4v) is 3.04. The van der Waals surface area contributed by atoms with Crippen molar-refractivity contribution in [2.45, 2.75) is 26.2 Å². The maximum Gasteiger partial charge on any atom is 0.434 e. The molecule has 3 heterocycles. The number of guanidine groups is 1. The maximum atomic E-state index is 12.6. The number of imidazole rings is 1. The van der Waals surface area contributed by atoms with E-state index in [9.17, 15) is 13.2 Å². The van der Waals surface area contributed by atoms with Crippen LogP contribution in [0.2, 0.25) is 0 Å². The lowest BCUT2D eigenvalue weighted by Crippen LogP contribution is -2.36. The van der Waals surface area contributed by atoms with E-state index in [4.69, 9.17) is 0 Å². The monoisotopic (exact) mass is 382 g/mol. The highest BCUT2D eigenvalue weighted by Gasteiger charge is 2.33. The molecule has 0 radical (unpaired) electrons. The van der Waals surface area contributed by atoms with Crippen molar-refractivity contribution in [3.63, 3.8) is 0 Å². The van der Waals surface area contributed by atoms with Crippen LogP contribution in [0.5, 0.6) is 0 Å². The first-order valence-electron chi connectivity index (χ1n) is 7.75. The summed E-state index contributed by atoms with van der Waals surface area (Å²) in [5.74, 6) is 0.460. The summed E-state index contributed by atoms with van der Waals surface area (Å²) in [7, 11) is 1.59. The summed E-state index contributed by atoms with van der Waals surface area (Å²) in [5.41, 5.74) is 1.93. The van der Waals surface area contributed by atoms with Gasteiger partial charge in [-0.15, -0.1) is 11.3 Å². The van der Waals surface area contributed by atoms with Crippen LogP contribution in [0.4, 0.5) is 13.2 Å². The van der Waals surface area contributed by atoms with Crippen molar-refractivity contribution in [2.24, 2.45) is 4.99 Å². The van der Waals surface area contributed by atoms with Crippen molar-refractivity contribution in [3.05, 3.63) is 51.9 Å². The molecule has 0 unspecified atom stereocenters. The standard InChI is InChI=1S/C16H17F3N6S/c1-10-3-4-25-8-11(23-13(25)5-10)6-21-15(20-2)22-7-14-24-12(9-26-14)16(17,18)19/h3-5,8-9H,6-7H2,1-2H3,(H2,20,21,22). The fourth-order valence-electron chi connectivity index (χ4n) is 2.30. The molecule has 0 saturated heterocycles. The van der Waals surface area contributed by atoms with Crippen LogP contribution in [-0.2, 0) is 19.3 Å². The number of rotatable bonds is 4. The number of alkyl halides is 3. The number of nitrogens with one attached hydrogen (secondary N) is 2.